The number of amides is 1. The Labute approximate surface area is 164 Å². The minimum Gasteiger partial charge on any atom is -0.493 e. The van der Waals surface area contributed by atoms with Crippen molar-refractivity contribution >= 4 is 23.1 Å². The molecule has 0 atom stereocenters. The maximum Gasteiger partial charge on any atom is 0.257 e. The molecule has 2 N–H and O–H groups in total. The fourth-order valence-corrected chi connectivity index (χ4v) is 2.69. The molecule has 0 spiro atoms. The van der Waals surface area contributed by atoms with Crippen LogP contribution in [0.25, 0.3) is 0 Å². The third kappa shape index (κ3) is 4.59. The Morgan fingerprint density at radius 3 is 2.25 bits per heavy atom. The van der Waals surface area contributed by atoms with E-state index in [2.05, 4.69) is 22.5 Å². The molecule has 0 saturated carbocycles. The number of aryl methyl sites for hydroxylation is 1. The zero-order chi connectivity index (χ0) is 19.9. The second-order valence-corrected chi connectivity index (χ2v) is 6.13. The minimum atomic E-state index is -0.200. The van der Waals surface area contributed by atoms with Crippen molar-refractivity contribution in [2.75, 3.05) is 24.9 Å². The summed E-state index contributed by atoms with van der Waals surface area (Å²) in [4.78, 5) is 16.7. The van der Waals surface area contributed by atoms with Gasteiger partial charge in [0, 0.05) is 23.6 Å². The quantitative estimate of drug-likeness (QED) is 0.627. The summed E-state index contributed by atoms with van der Waals surface area (Å²) in [6.45, 7) is 2.09. The molecule has 0 bridgehead atoms. The number of ether oxygens (including phenoxy) is 2. The highest BCUT2D eigenvalue weighted by atomic mass is 16.5. The summed E-state index contributed by atoms with van der Waals surface area (Å²) >= 11 is 0. The molecule has 3 rings (SSSR count). The molecule has 144 valence electrons. The Balaban J connectivity index is 1.66. The van der Waals surface area contributed by atoms with Crippen LogP contribution in [0.4, 0.5) is 17.2 Å². The number of methoxy groups -OCH3 is 2. The van der Waals surface area contributed by atoms with E-state index in [9.17, 15) is 4.79 Å². The van der Waals surface area contributed by atoms with Gasteiger partial charge in [-0.05, 0) is 48.4 Å². The molecule has 0 fully saturated rings. The van der Waals surface area contributed by atoms with Crippen LogP contribution in [-0.4, -0.2) is 25.1 Å². The number of anilines is 3. The van der Waals surface area contributed by atoms with Crippen LogP contribution in [0.2, 0.25) is 0 Å². The number of pyridine rings is 1. The van der Waals surface area contributed by atoms with Crippen LogP contribution in [0.15, 0.2) is 60.8 Å². The predicted octanol–water partition coefficient (Wildman–Crippen LogP) is 4.66. The van der Waals surface area contributed by atoms with Gasteiger partial charge in [-0.2, -0.15) is 0 Å². The number of aromatic nitrogens is 1. The molecule has 0 aliphatic heterocycles. The topological polar surface area (TPSA) is 72.5 Å². The molecule has 0 unspecified atom stereocenters. The van der Waals surface area contributed by atoms with Crippen molar-refractivity contribution in [3.63, 3.8) is 0 Å². The summed E-state index contributed by atoms with van der Waals surface area (Å²) in [7, 11) is 3.18. The maximum atomic E-state index is 12.4. The van der Waals surface area contributed by atoms with Crippen molar-refractivity contribution in [3.05, 3.63) is 71.9 Å². The average molecular weight is 377 g/mol. The zero-order valence-corrected chi connectivity index (χ0v) is 16.2. The molecular weight excluding hydrogens is 354 g/mol. The fraction of sp³-hybridized carbons (Fsp3) is 0.182. The highest BCUT2D eigenvalue weighted by molar-refractivity contribution is 6.04. The van der Waals surface area contributed by atoms with E-state index in [0.717, 1.165) is 17.8 Å². The minimum absolute atomic E-state index is 0.200. The van der Waals surface area contributed by atoms with Crippen LogP contribution in [0.5, 0.6) is 11.5 Å². The van der Waals surface area contributed by atoms with Gasteiger partial charge in [0.1, 0.15) is 5.82 Å². The summed E-state index contributed by atoms with van der Waals surface area (Å²) in [6.07, 6.45) is 2.51. The van der Waals surface area contributed by atoms with Gasteiger partial charge in [-0.25, -0.2) is 4.98 Å². The smallest absolute Gasteiger partial charge is 0.257 e. The highest BCUT2D eigenvalue weighted by Crippen LogP contribution is 2.30. The van der Waals surface area contributed by atoms with E-state index < -0.39 is 0 Å². The monoisotopic (exact) mass is 377 g/mol. The van der Waals surface area contributed by atoms with Crippen molar-refractivity contribution in [1.29, 1.82) is 0 Å². The van der Waals surface area contributed by atoms with Gasteiger partial charge >= 0.3 is 0 Å². The van der Waals surface area contributed by atoms with Gasteiger partial charge in [0.25, 0.3) is 5.91 Å². The fourth-order valence-electron chi connectivity index (χ4n) is 2.69. The van der Waals surface area contributed by atoms with E-state index in [1.165, 1.54) is 5.56 Å². The molecule has 0 aliphatic rings. The summed E-state index contributed by atoms with van der Waals surface area (Å²) < 4.78 is 10.5. The van der Waals surface area contributed by atoms with E-state index in [1.54, 1.807) is 32.5 Å². The Kier molecular flexibility index (Phi) is 6.11. The van der Waals surface area contributed by atoms with Crippen LogP contribution in [0.1, 0.15) is 22.8 Å². The summed E-state index contributed by atoms with van der Waals surface area (Å²) in [5.74, 6) is 1.70. The average Bonchev–Trinajstić information content (AvgIpc) is 2.74. The normalized spacial score (nSPS) is 10.2. The summed E-state index contributed by atoms with van der Waals surface area (Å²) in [5.41, 5.74) is 3.27. The van der Waals surface area contributed by atoms with E-state index in [4.69, 9.17) is 9.47 Å². The third-order valence-electron chi connectivity index (χ3n) is 4.30. The molecule has 28 heavy (non-hydrogen) atoms. The van der Waals surface area contributed by atoms with Crippen molar-refractivity contribution in [2.24, 2.45) is 0 Å². The third-order valence-corrected chi connectivity index (χ3v) is 4.30. The Morgan fingerprint density at radius 2 is 1.64 bits per heavy atom. The molecule has 2 aromatic carbocycles. The van der Waals surface area contributed by atoms with Crippen molar-refractivity contribution < 1.29 is 14.3 Å². The number of benzene rings is 2. The first kappa shape index (κ1) is 19.2. The van der Waals surface area contributed by atoms with Crippen molar-refractivity contribution in [2.45, 2.75) is 13.3 Å². The highest BCUT2D eigenvalue weighted by Gasteiger charge is 2.08. The first-order chi connectivity index (χ1) is 13.6. The van der Waals surface area contributed by atoms with Gasteiger partial charge < -0.3 is 20.1 Å². The van der Waals surface area contributed by atoms with E-state index in [0.29, 0.717) is 22.9 Å². The van der Waals surface area contributed by atoms with Crippen LogP contribution < -0.4 is 20.1 Å². The Bertz CT molecular complexity index is 938. The first-order valence-corrected chi connectivity index (χ1v) is 8.98. The molecule has 0 radical (unpaired) electrons. The summed E-state index contributed by atoms with van der Waals surface area (Å²) in [5, 5.41) is 6.06. The maximum absolute atomic E-state index is 12.4. The zero-order valence-electron chi connectivity index (χ0n) is 16.2. The lowest BCUT2D eigenvalue weighted by atomic mass is 10.1. The van der Waals surface area contributed by atoms with Gasteiger partial charge in [0.15, 0.2) is 11.5 Å². The van der Waals surface area contributed by atoms with Gasteiger partial charge in [0.2, 0.25) is 0 Å². The number of carbonyl (C=O) groups excluding carboxylic acids is 1. The standard InChI is InChI=1S/C22H23N3O3/c1-4-15-5-8-17(9-6-15)25-22(26)16-7-12-21(23-14-16)24-18-10-11-19(27-2)20(13-18)28-3/h5-14H,4H2,1-3H3,(H,23,24)(H,25,26). The van der Waals surface area contributed by atoms with Crippen LogP contribution in [0.3, 0.4) is 0 Å². The lowest BCUT2D eigenvalue weighted by Gasteiger charge is -2.11. The molecule has 6 heteroatoms. The number of carbonyl (C=O) groups is 1. The molecule has 3 aromatic rings. The SMILES string of the molecule is CCc1ccc(NC(=O)c2ccc(Nc3ccc(OC)c(OC)c3)nc2)cc1. The first-order valence-electron chi connectivity index (χ1n) is 8.98. The van der Waals surface area contributed by atoms with Crippen LogP contribution in [-0.2, 0) is 6.42 Å². The van der Waals surface area contributed by atoms with Gasteiger partial charge in [-0.1, -0.05) is 19.1 Å². The molecule has 0 aliphatic carbocycles. The molecule has 1 aromatic heterocycles. The second-order valence-electron chi connectivity index (χ2n) is 6.13. The number of nitrogens with one attached hydrogen (secondary N) is 2. The van der Waals surface area contributed by atoms with E-state index in [-0.39, 0.29) is 5.91 Å². The Morgan fingerprint density at radius 1 is 0.929 bits per heavy atom. The van der Waals surface area contributed by atoms with Crippen molar-refractivity contribution in [1.82, 2.24) is 4.98 Å². The molecule has 0 saturated heterocycles. The number of rotatable bonds is 7. The van der Waals surface area contributed by atoms with Crippen LogP contribution in [0, 0.1) is 0 Å². The molecule has 1 amide bonds. The van der Waals surface area contributed by atoms with Gasteiger partial charge in [0.05, 0.1) is 19.8 Å². The molecular formula is C22H23N3O3. The lowest BCUT2D eigenvalue weighted by molar-refractivity contribution is 0.102. The number of nitrogens with zero attached hydrogens (tertiary/aromatic N) is 1. The number of hydrogen-bond donors (Lipinski definition) is 2. The predicted molar refractivity (Wildman–Crippen MR) is 111 cm³/mol. The Hall–Kier alpha value is -3.54. The van der Waals surface area contributed by atoms with Crippen molar-refractivity contribution in [3.8, 4) is 11.5 Å². The van der Waals surface area contributed by atoms with E-state index >= 15 is 0 Å². The largest absolute Gasteiger partial charge is 0.493 e. The number of hydrogen-bond acceptors (Lipinski definition) is 5. The molecule has 6 nitrogen and oxygen atoms in total. The van der Waals surface area contributed by atoms with Crippen LogP contribution >= 0.6 is 0 Å². The lowest BCUT2D eigenvalue weighted by Crippen LogP contribution is -2.12. The molecule has 1 heterocycles. The van der Waals surface area contributed by atoms with E-state index in [1.807, 2.05) is 42.5 Å². The van der Waals surface area contributed by atoms with Gasteiger partial charge in [-0.15, -0.1) is 0 Å². The summed E-state index contributed by atoms with van der Waals surface area (Å²) in [6, 6.07) is 16.8. The second kappa shape index (κ2) is 8.90. The van der Waals surface area contributed by atoms with Gasteiger partial charge in [-0.3, -0.25) is 4.79 Å².